The number of thioether (sulfide) groups is 1. The van der Waals surface area contributed by atoms with Crippen molar-refractivity contribution in [3.05, 3.63) is 33.8 Å². The van der Waals surface area contributed by atoms with Crippen LogP contribution in [0, 0.1) is 10.1 Å². The molecule has 1 atom stereocenters. The first kappa shape index (κ1) is 16.2. The molecule has 1 aromatic carbocycles. The molecule has 0 bridgehead atoms. The molecule has 0 saturated heterocycles. The van der Waals surface area contributed by atoms with Crippen molar-refractivity contribution in [2.75, 3.05) is 12.4 Å². The maximum atomic E-state index is 12.1. The fourth-order valence-corrected chi connectivity index (χ4v) is 3.17. The number of nitrogens with zero attached hydrogens (tertiary/aromatic N) is 3. The van der Waals surface area contributed by atoms with Gasteiger partial charge in [0, 0.05) is 0 Å². The van der Waals surface area contributed by atoms with Gasteiger partial charge >= 0.3 is 0 Å². The molecule has 0 saturated carbocycles. The Morgan fingerprint density at radius 1 is 1.55 bits per heavy atom. The normalized spacial score (nSPS) is 11.7. The van der Waals surface area contributed by atoms with Crippen molar-refractivity contribution >= 4 is 40.4 Å². The highest BCUT2D eigenvalue weighted by Crippen LogP contribution is 2.30. The molecular weight excluding hydrogens is 328 g/mol. The largest absolute Gasteiger partial charge is 0.496 e. The molecule has 1 aromatic heterocycles. The Kier molecular flexibility index (Phi) is 5.28. The van der Waals surface area contributed by atoms with Crippen LogP contribution in [0.25, 0.3) is 0 Å². The van der Waals surface area contributed by atoms with Crippen LogP contribution < -0.4 is 10.1 Å². The molecule has 116 valence electrons. The second-order valence-corrected chi connectivity index (χ2v) is 6.52. The van der Waals surface area contributed by atoms with Gasteiger partial charge in [-0.25, -0.2) is 0 Å². The van der Waals surface area contributed by atoms with E-state index in [-0.39, 0.29) is 17.3 Å². The van der Waals surface area contributed by atoms with Crippen molar-refractivity contribution in [3.8, 4) is 5.75 Å². The highest BCUT2D eigenvalue weighted by molar-refractivity contribution is 8.02. The number of amides is 1. The minimum absolute atomic E-state index is 0.125. The highest BCUT2D eigenvalue weighted by atomic mass is 32.2. The summed E-state index contributed by atoms with van der Waals surface area (Å²) < 4.78 is 5.61. The summed E-state index contributed by atoms with van der Waals surface area (Å²) in [4.78, 5) is 22.6. The predicted octanol–water partition coefficient (Wildman–Crippen LogP) is 2.57. The monoisotopic (exact) mass is 340 g/mol. The zero-order valence-corrected chi connectivity index (χ0v) is 13.3. The summed E-state index contributed by atoms with van der Waals surface area (Å²) in [7, 11) is 1.41. The maximum Gasteiger partial charge on any atom is 0.296 e. The predicted molar refractivity (Wildman–Crippen MR) is 83.5 cm³/mol. The Labute approximate surface area is 134 Å². The molecular formula is C12H12N4O4S2. The maximum absolute atomic E-state index is 12.1. The average Bonchev–Trinajstić information content (AvgIpc) is 3.00. The van der Waals surface area contributed by atoms with Crippen LogP contribution in [0.4, 0.5) is 11.4 Å². The van der Waals surface area contributed by atoms with Crippen LogP contribution >= 0.6 is 23.1 Å². The molecule has 2 rings (SSSR count). The van der Waals surface area contributed by atoms with Crippen molar-refractivity contribution in [2.24, 2.45) is 0 Å². The van der Waals surface area contributed by atoms with E-state index < -0.39 is 10.2 Å². The molecule has 0 aliphatic rings. The van der Waals surface area contributed by atoms with Gasteiger partial charge in [0.05, 0.1) is 23.3 Å². The number of methoxy groups -OCH3 is 1. The minimum atomic E-state index is -0.569. The quantitative estimate of drug-likeness (QED) is 0.489. The molecule has 0 spiro atoms. The van der Waals surface area contributed by atoms with Gasteiger partial charge in [0.15, 0.2) is 4.34 Å². The zero-order chi connectivity index (χ0) is 16.1. The van der Waals surface area contributed by atoms with Crippen molar-refractivity contribution in [1.29, 1.82) is 0 Å². The first-order valence-corrected chi connectivity index (χ1v) is 7.83. The second kappa shape index (κ2) is 7.18. The summed E-state index contributed by atoms with van der Waals surface area (Å²) >= 11 is 2.56. The summed E-state index contributed by atoms with van der Waals surface area (Å²) in [5.41, 5.74) is 1.47. The van der Waals surface area contributed by atoms with Crippen molar-refractivity contribution < 1.29 is 14.5 Å². The standard InChI is InChI=1S/C12H12N4O4S2/c1-7(22-12-15-13-6-21-12)11(17)14-9-4-3-8(20-2)5-10(9)16(18)19/h3-7H,1-2H3,(H,14,17)/t7-/m1/s1. The molecule has 0 radical (unpaired) electrons. The van der Waals surface area contributed by atoms with Gasteiger partial charge in [-0.2, -0.15) is 0 Å². The van der Waals surface area contributed by atoms with E-state index in [1.807, 2.05) is 0 Å². The van der Waals surface area contributed by atoms with E-state index in [0.29, 0.717) is 10.1 Å². The number of nitrogens with one attached hydrogen (secondary N) is 1. The summed E-state index contributed by atoms with van der Waals surface area (Å²) in [6.07, 6.45) is 0. The van der Waals surface area contributed by atoms with E-state index in [2.05, 4.69) is 15.5 Å². The Balaban J connectivity index is 2.12. The lowest BCUT2D eigenvalue weighted by Crippen LogP contribution is -2.22. The number of rotatable bonds is 6. The molecule has 0 aliphatic carbocycles. The van der Waals surface area contributed by atoms with Gasteiger partial charge in [0.25, 0.3) is 5.69 Å². The van der Waals surface area contributed by atoms with Gasteiger partial charge in [-0.05, 0) is 19.1 Å². The highest BCUT2D eigenvalue weighted by Gasteiger charge is 2.21. The van der Waals surface area contributed by atoms with Crippen LogP contribution in [0.2, 0.25) is 0 Å². The van der Waals surface area contributed by atoms with Crippen LogP contribution in [0.3, 0.4) is 0 Å². The summed E-state index contributed by atoms with van der Waals surface area (Å²) in [6.45, 7) is 1.69. The van der Waals surface area contributed by atoms with Crippen LogP contribution in [0.15, 0.2) is 28.0 Å². The van der Waals surface area contributed by atoms with Crippen molar-refractivity contribution in [1.82, 2.24) is 10.2 Å². The zero-order valence-electron chi connectivity index (χ0n) is 11.7. The molecule has 2 aromatic rings. The summed E-state index contributed by atoms with van der Waals surface area (Å²) in [6, 6.07) is 4.25. The van der Waals surface area contributed by atoms with Gasteiger partial charge in [0.1, 0.15) is 16.9 Å². The topological polar surface area (TPSA) is 107 Å². The van der Waals surface area contributed by atoms with Crippen LogP contribution in [0.5, 0.6) is 5.75 Å². The van der Waals surface area contributed by atoms with E-state index in [1.54, 1.807) is 18.5 Å². The lowest BCUT2D eigenvalue weighted by Gasteiger charge is -2.11. The number of nitro benzene ring substituents is 1. The number of hydrogen-bond donors (Lipinski definition) is 1. The molecule has 1 N–H and O–H groups in total. The Bertz CT molecular complexity index is 678. The number of hydrogen-bond acceptors (Lipinski definition) is 8. The first-order chi connectivity index (χ1) is 10.5. The molecule has 10 heteroatoms. The Morgan fingerprint density at radius 3 is 2.91 bits per heavy atom. The van der Waals surface area contributed by atoms with Gasteiger partial charge in [0.2, 0.25) is 5.91 Å². The molecule has 1 heterocycles. The van der Waals surface area contributed by atoms with E-state index in [1.165, 1.54) is 42.3 Å². The number of aromatic nitrogens is 2. The number of ether oxygens (including phenoxy) is 1. The van der Waals surface area contributed by atoms with Crippen molar-refractivity contribution in [3.63, 3.8) is 0 Å². The number of benzene rings is 1. The second-order valence-electron chi connectivity index (χ2n) is 4.09. The molecule has 0 fully saturated rings. The lowest BCUT2D eigenvalue weighted by molar-refractivity contribution is -0.384. The number of nitro groups is 1. The van der Waals surface area contributed by atoms with Gasteiger partial charge in [-0.1, -0.05) is 23.1 Å². The smallest absolute Gasteiger partial charge is 0.296 e. The fourth-order valence-electron chi connectivity index (χ4n) is 1.55. The molecule has 1 amide bonds. The van der Waals surface area contributed by atoms with Gasteiger partial charge in [-0.3, -0.25) is 14.9 Å². The third kappa shape index (κ3) is 3.92. The average molecular weight is 340 g/mol. The van der Waals surface area contributed by atoms with E-state index in [4.69, 9.17) is 4.74 Å². The van der Waals surface area contributed by atoms with Gasteiger partial charge < -0.3 is 10.1 Å². The lowest BCUT2D eigenvalue weighted by atomic mass is 10.2. The number of carbonyl (C=O) groups is 1. The minimum Gasteiger partial charge on any atom is -0.496 e. The Morgan fingerprint density at radius 2 is 2.32 bits per heavy atom. The first-order valence-electron chi connectivity index (χ1n) is 6.07. The molecule has 22 heavy (non-hydrogen) atoms. The molecule has 8 nitrogen and oxygen atoms in total. The Hall–Kier alpha value is -2.20. The summed E-state index contributed by atoms with van der Waals surface area (Å²) in [5, 5.41) is 20.7. The van der Waals surface area contributed by atoms with Crippen LogP contribution in [-0.4, -0.2) is 33.4 Å². The van der Waals surface area contributed by atoms with Crippen molar-refractivity contribution in [2.45, 2.75) is 16.5 Å². The third-order valence-electron chi connectivity index (χ3n) is 2.65. The van der Waals surface area contributed by atoms with E-state index >= 15 is 0 Å². The molecule has 0 aliphatic heterocycles. The third-order valence-corrected chi connectivity index (χ3v) is 4.56. The fraction of sp³-hybridized carbons (Fsp3) is 0.250. The summed E-state index contributed by atoms with van der Waals surface area (Å²) in [5.74, 6) is -0.00514. The number of carbonyl (C=O) groups excluding carboxylic acids is 1. The van der Waals surface area contributed by atoms with Gasteiger partial charge in [-0.15, -0.1) is 10.2 Å². The molecule has 0 unspecified atom stereocenters. The SMILES string of the molecule is COc1ccc(NC(=O)[C@@H](C)Sc2nncs2)c([N+](=O)[O-])c1. The van der Waals surface area contributed by atoms with E-state index in [9.17, 15) is 14.9 Å². The number of anilines is 1. The van der Waals surface area contributed by atoms with Crippen LogP contribution in [-0.2, 0) is 4.79 Å². The van der Waals surface area contributed by atoms with Crippen LogP contribution in [0.1, 0.15) is 6.92 Å². The van der Waals surface area contributed by atoms with E-state index in [0.717, 1.165) is 0 Å².